The molecular formula is C15H10Br2N2O2. The normalized spacial score (nSPS) is 11.0. The minimum absolute atomic E-state index is 0.211. The largest absolute Gasteiger partial charge is 0.478 e. The molecule has 0 saturated carbocycles. The van der Waals surface area contributed by atoms with Crippen LogP contribution in [-0.2, 0) is 0 Å². The minimum atomic E-state index is -0.972. The summed E-state index contributed by atoms with van der Waals surface area (Å²) in [6, 6.07) is 11.0. The molecule has 0 aliphatic carbocycles. The van der Waals surface area contributed by atoms with Crippen molar-refractivity contribution in [3.8, 4) is 5.69 Å². The molecule has 0 fully saturated rings. The van der Waals surface area contributed by atoms with E-state index in [0.29, 0.717) is 5.52 Å². The van der Waals surface area contributed by atoms with Crippen molar-refractivity contribution >= 4 is 48.9 Å². The molecule has 0 bridgehead atoms. The maximum atomic E-state index is 11.3. The zero-order chi connectivity index (χ0) is 15.1. The molecule has 0 radical (unpaired) electrons. The Kier molecular flexibility index (Phi) is 3.59. The van der Waals surface area contributed by atoms with Crippen molar-refractivity contribution in [3.05, 3.63) is 56.7 Å². The summed E-state index contributed by atoms with van der Waals surface area (Å²) in [6.07, 6.45) is 0. The van der Waals surface area contributed by atoms with Gasteiger partial charge in [-0.2, -0.15) is 0 Å². The summed E-state index contributed by atoms with van der Waals surface area (Å²) in [5.74, 6) is -0.234. The third-order valence-corrected chi connectivity index (χ3v) is 4.36. The number of para-hydroxylation sites is 1. The summed E-state index contributed by atoms with van der Waals surface area (Å²) in [5.41, 5.74) is 2.40. The van der Waals surface area contributed by atoms with Crippen LogP contribution >= 0.6 is 31.9 Å². The first-order chi connectivity index (χ1) is 9.99. The number of hydrogen-bond donors (Lipinski definition) is 1. The maximum absolute atomic E-state index is 11.3. The quantitative estimate of drug-likeness (QED) is 0.675. The van der Waals surface area contributed by atoms with Crippen molar-refractivity contribution in [2.24, 2.45) is 0 Å². The van der Waals surface area contributed by atoms with Crippen LogP contribution in [0.4, 0.5) is 0 Å². The average molecular weight is 410 g/mol. The molecule has 0 atom stereocenters. The van der Waals surface area contributed by atoms with Crippen LogP contribution in [0.5, 0.6) is 0 Å². The van der Waals surface area contributed by atoms with E-state index in [9.17, 15) is 9.90 Å². The van der Waals surface area contributed by atoms with Gasteiger partial charge >= 0.3 is 5.97 Å². The third-order valence-electron chi connectivity index (χ3n) is 3.23. The van der Waals surface area contributed by atoms with Gasteiger partial charge < -0.3 is 5.11 Å². The number of aromatic nitrogens is 2. The van der Waals surface area contributed by atoms with Gasteiger partial charge in [-0.1, -0.05) is 22.0 Å². The van der Waals surface area contributed by atoms with E-state index in [0.717, 1.165) is 26.0 Å². The number of imidazole rings is 1. The van der Waals surface area contributed by atoms with Gasteiger partial charge in [-0.15, -0.1) is 0 Å². The Bertz CT molecular complexity index is 871. The van der Waals surface area contributed by atoms with E-state index in [1.165, 1.54) is 0 Å². The predicted molar refractivity (Wildman–Crippen MR) is 88.2 cm³/mol. The lowest BCUT2D eigenvalue weighted by molar-refractivity contribution is 0.0699. The monoisotopic (exact) mass is 408 g/mol. The number of benzene rings is 2. The number of carboxylic acids is 1. The number of carboxylic acid groups (broad SMARTS) is 1. The molecule has 106 valence electrons. The second kappa shape index (κ2) is 5.27. The zero-order valence-electron chi connectivity index (χ0n) is 11.0. The fraction of sp³-hybridized carbons (Fsp3) is 0.0667. The molecule has 3 aromatic rings. The zero-order valence-corrected chi connectivity index (χ0v) is 14.1. The maximum Gasteiger partial charge on any atom is 0.337 e. The van der Waals surface area contributed by atoms with Crippen LogP contribution < -0.4 is 0 Å². The molecule has 3 rings (SSSR count). The van der Waals surface area contributed by atoms with Crippen LogP contribution in [0, 0.1) is 6.92 Å². The lowest BCUT2D eigenvalue weighted by atomic mass is 10.2. The van der Waals surface area contributed by atoms with Gasteiger partial charge in [0.25, 0.3) is 0 Å². The summed E-state index contributed by atoms with van der Waals surface area (Å²) in [5, 5.41) is 9.28. The van der Waals surface area contributed by atoms with Gasteiger partial charge in [-0.25, -0.2) is 9.78 Å². The molecule has 1 aromatic heterocycles. The SMILES string of the molecule is Cc1nc2c(C(=O)O)cccc2n1-c1ccc(Br)cc1Br. The number of hydrogen-bond acceptors (Lipinski definition) is 2. The van der Waals surface area contributed by atoms with Gasteiger partial charge in [0.2, 0.25) is 0 Å². The van der Waals surface area contributed by atoms with Gasteiger partial charge in [0.1, 0.15) is 11.3 Å². The third kappa shape index (κ3) is 2.38. The van der Waals surface area contributed by atoms with Crippen molar-refractivity contribution < 1.29 is 9.90 Å². The highest BCUT2D eigenvalue weighted by Gasteiger charge is 2.17. The smallest absolute Gasteiger partial charge is 0.337 e. The molecular weight excluding hydrogens is 400 g/mol. The van der Waals surface area contributed by atoms with Crippen LogP contribution in [0.1, 0.15) is 16.2 Å². The van der Waals surface area contributed by atoms with Gasteiger partial charge in [0.05, 0.1) is 16.8 Å². The Morgan fingerprint density at radius 2 is 2.00 bits per heavy atom. The van der Waals surface area contributed by atoms with E-state index in [4.69, 9.17) is 0 Å². The Labute approximate surface area is 137 Å². The van der Waals surface area contributed by atoms with Crippen LogP contribution in [-0.4, -0.2) is 20.6 Å². The van der Waals surface area contributed by atoms with E-state index in [-0.39, 0.29) is 5.56 Å². The molecule has 1 heterocycles. The molecule has 21 heavy (non-hydrogen) atoms. The summed E-state index contributed by atoms with van der Waals surface area (Å²) in [4.78, 5) is 15.7. The first-order valence-corrected chi connectivity index (χ1v) is 7.74. The van der Waals surface area contributed by atoms with Crippen LogP contribution in [0.25, 0.3) is 16.7 Å². The highest BCUT2D eigenvalue weighted by atomic mass is 79.9. The van der Waals surface area contributed by atoms with Crippen LogP contribution in [0.2, 0.25) is 0 Å². The molecule has 0 aliphatic rings. The van der Waals surface area contributed by atoms with Gasteiger partial charge in [-0.05, 0) is 53.2 Å². The molecule has 6 heteroatoms. The number of nitrogens with zero attached hydrogens (tertiary/aromatic N) is 2. The second-order valence-corrected chi connectivity index (χ2v) is 6.34. The summed E-state index contributed by atoms with van der Waals surface area (Å²) < 4.78 is 3.81. The number of rotatable bonds is 2. The average Bonchev–Trinajstić information content (AvgIpc) is 2.74. The van der Waals surface area contributed by atoms with Crippen LogP contribution in [0.3, 0.4) is 0 Å². The number of carbonyl (C=O) groups is 1. The van der Waals surface area contributed by atoms with Crippen molar-refractivity contribution in [3.63, 3.8) is 0 Å². The molecule has 0 saturated heterocycles. The fourth-order valence-corrected chi connectivity index (χ4v) is 3.58. The lowest BCUT2D eigenvalue weighted by Crippen LogP contribution is -1.99. The molecule has 4 nitrogen and oxygen atoms in total. The van der Waals surface area contributed by atoms with Gasteiger partial charge in [-0.3, -0.25) is 4.57 Å². The number of halogens is 2. The highest BCUT2D eigenvalue weighted by Crippen LogP contribution is 2.30. The van der Waals surface area contributed by atoms with E-state index in [2.05, 4.69) is 36.8 Å². The number of aromatic carboxylic acids is 1. The summed E-state index contributed by atoms with van der Waals surface area (Å²) >= 11 is 6.97. The highest BCUT2D eigenvalue weighted by molar-refractivity contribution is 9.11. The van der Waals surface area contributed by atoms with Crippen molar-refractivity contribution in [1.29, 1.82) is 0 Å². The van der Waals surface area contributed by atoms with E-state index in [1.54, 1.807) is 12.1 Å². The van der Waals surface area contributed by atoms with Crippen molar-refractivity contribution in [2.45, 2.75) is 6.92 Å². The van der Waals surface area contributed by atoms with E-state index in [1.807, 2.05) is 35.8 Å². The van der Waals surface area contributed by atoms with Gasteiger partial charge in [0, 0.05) is 8.95 Å². The summed E-state index contributed by atoms with van der Waals surface area (Å²) in [6.45, 7) is 1.86. The Morgan fingerprint density at radius 1 is 1.24 bits per heavy atom. The van der Waals surface area contributed by atoms with Crippen molar-refractivity contribution in [1.82, 2.24) is 9.55 Å². The first kappa shape index (κ1) is 14.3. The molecule has 1 N–H and O–H groups in total. The fourth-order valence-electron chi connectivity index (χ4n) is 2.35. The van der Waals surface area contributed by atoms with E-state index < -0.39 is 5.97 Å². The Hall–Kier alpha value is -1.66. The summed E-state index contributed by atoms with van der Waals surface area (Å²) in [7, 11) is 0. The molecule has 0 amide bonds. The Morgan fingerprint density at radius 3 is 2.67 bits per heavy atom. The van der Waals surface area contributed by atoms with Crippen molar-refractivity contribution in [2.75, 3.05) is 0 Å². The molecule has 0 spiro atoms. The minimum Gasteiger partial charge on any atom is -0.478 e. The standard InChI is InChI=1S/C15H10Br2N2O2/c1-8-18-14-10(15(20)21)3-2-4-13(14)19(8)12-6-5-9(16)7-11(12)17/h2-7H,1H3,(H,20,21). The Balaban J connectivity index is 2.36. The van der Waals surface area contributed by atoms with E-state index >= 15 is 0 Å². The van der Waals surface area contributed by atoms with Gasteiger partial charge in [0.15, 0.2) is 0 Å². The molecule has 0 unspecified atom stereocenters. The van der Waals surface area contributed by atoms with Crippen LogP contribution in [0.15, 0.2) is 45.3 Å². The predicted octanol–water partition coefficient (Wildman–Crippen LogP) is 4.56. The number of fused-ring (bicyclic) bond motifs is 1. The topological polar surface area (TPSA) is 55.1 Å². The number of aryl methyl sites for hydroxylation is 1. The second-order valence-electron chi connectivity index (χ2n) is 4.57. The lowest BCUT2D eigenvalue weighted by Gasteiger charge is -2.10. The molecule has 2 aromatic carbocycles. The first-order valence-electron chi connectivity index (χ1n) is 6.16. The molecule has 0 aliphatic heterocycles.